The molecule has 6 nitrogen and oxygen atoms in total. The number of piperidine rings is 1. The summed E-state index contributed by atoms with van der Waals surface area (Å²) in [5, 5.41) is 11.0. The van der Waals surface area contributed by atoms with Gasteiger partial charge in [-0.25, -0.2) is 0 Å². The smallest absolute Gasteiger partial charge is 0.190 e. The summed E-state index contributed by atoms with van der Waals surface area (Å²) in [5.74, 6) is 2.58. The number of hydrogen-bond acceptors (Lipinski definition) is 3. The van der Waals surface area contributed by atoms with Gasteiger partial charge in [0.2, 0.25) is 0 Å². The largest absolute Gasteiger partial charge is 0.356 e. The van der Waals surface area contributed by atoms with Gasteiger partial charge < -0.3 is 15.5 Å². The summed E-state index contributed by atoms with van der Waals surface area (Å²) in [7, 11) is 1.83. The molecule has 2 atom stereocenters. The number of aryl methyl sites for hydroxylation is 1. The minimum atomic E-state index is 0.839. The van der Waals surface area contributed by atoms with Crippen molar-refractivity contribution >= 4 is 5.96 Å². The molecule has 0 aliphatic carbocycles. The highest BCUT2D eigenvalue weighted by atomic mass is 15.3. The van der Waals surface area contributed by atoms with Crippen LogP contribution < -0.4 is 10.6 Å². The molecule has 2 heterocycles. The molecule has 2 unspecified atom stereocenters. The highest BCUT2D eigenvalue weighted by Crippen LogP contribution is 2.20. The Kier molecular flexibility index (Phi) is 8.08. The quantitative estimate of drug-likeness (QED) is 0.432. The number of aliphatic imine (C=N–C) groups is 1. The van der Waals surface area contributed by atoms with Gasteiger partial charge in [0.15, 0.2) is 5.96 Å². The monoisotopic (exact) mass is 334 g/mol. The Morgan fingerprint density at radius 1 is 1.12 bits per heavy atom. The van der Waals surface area contributed by atoms with Gasteiger partial charge in [-0.2, -0.15) is 5.10 Å². The number of nitrogens with zero attached hydrogens (tertiary/aromatic N) is 4. The van der Waals surface area contributed by atoms with Gasteiger partial charge in [-0.05, 0) is 43.7 Å². The first-order valence-corrected chi connectivity index (χ1v) is 9.31. The van der Waals surface area contributed by atoms with Crippen LogP contribution in [0.25, 0.3) is 0 Å². The fourth-order valence-corrected chi connectivity index (χ4v) is 3.59. The third-order valence-electron chi connectivity index (χ3n) is 4.53. The molecule has 1 aromatic rings. The van der Waals surface area contributed by atoms with Crippen LogP contribution in [0.4, 0.5) is 0 Å². The molecule has 136 valence electrons. The minimum Gasteiger partial charge on any atom is -0.356 e. The lowest BCUT2D eigenvalue weighted by Gasteiger charge is -2.35. The van der Waals surface area contributed by atoms with Gasteiger partial charge in [0, 0.05) is 52.2 Å². The fourth-order valence-electron chi connectivity index (χ4n) is 3.59. The van der Waals surface area contributed by atoms with Gasteiger partial charge in [-0.15, -0.1) is 0 Å². The maximum absolute atomic E-state index is 4.29. The number of rotatable bonds is 8. The standard InChI is InChI=1S/C18H34N6/c1-16-13-17(2)15-23(14-16)10-4-7-20-18(19-3)21-8-5-11-24-12-6-9-22-24/h6,9,12,16-17H,4-5,7-8,10-11,13-15H2,1-3H3,(H2,19,20,21). The van der Waals surface area contributed by atoms with Gasteiger partial charge in [0.1, 0.15) is 0 Å². The Balaban J connectivity index is 1.53. The number of nitrogens with one attached hydrogen (secondary N) is 2. The zero-order chi connectivity index (χ0) is 17.2. The Labute approximate surface area is 146 Å². The second-order valence-corrected chi connectivity index (χ2v) is 7.11. The predicted molar refractivity (Wildman–Crippen MR) is 100 cm³/mol. The first-order chi connectivity index (χ1) is 11.7. The molecule has 0 aromatic carbocycles. The van der Waals surface area contributed by atoms with E-state index in [2.05, 4.69) is 39.5 Å². The highest BCUT2D eigenvalue weighted by molar-refractivity contribution is 5.79. The average molecular weight is 335 g/mol. The Morgan fingerprint density at radius 3 is 2.38 bits per heavy atom. The Bertz CT molecular complexity index is 460. The van der Waals surface area contributed by atoms with Gasteiger partial charge in [0.05, 0.1) is 0 Å². The number of hydrogen-bond donors (Lipinski definition) is 2. The number of guanidine groups is 1. The first-order valence-electron chi connectivity index (χ1n) is 9.31. The Morgan fingerprint density at radius 2 is 1.79 bits per heavy atom. The van der Waals surface area contributed by atoms with Crippen molar-refractivity contribution in [1.82, 2.24) is 25.3 Å². The number of likely N-dealkylation sites (tertiary alicyclic amines) is 1. The van der Waals surface area contributed by atoms with Crippen molar-refractivity contribution in [2.45, 2.75) is 39.7 Å². The van der Waals surface area contributed by atoms with Crippen LogP contribution in [0.15, 0.2) is 23.5 Å². The molecule has 1 aliphatic heterocycles. The summed E-state index contributed by atoms with van der Waals surface area (Å²) in [6, 6.07) is 1.96. The molecule has 24 heavy (non-hydrogen) atoms. The fraction of sp³-hybridized carbons (Fsp3) is 0.778. The molecule has 6 heteroatoms. The topological polar surface area (TPSA) is 57.5 Å². The van der Waals surface area contributed by atoms with Gasteiger partial charge in [0.25, 0.3) is 0 Å². The van der Waals surface area contributed by atoms with Crippen molar-refractivity contribution in [3.05, 3.63) is 18.5 Å². The van der Waals surface area contributed by atoms with Crippen molar-refractivity contribution in [1.29, 1.82) is 0 Å². The lowest BCUT2D eigenvalue weighted by atomic mass is 9.92. The average Bonchev–Trinajstić information content (AvgIpc) is 3.06. The van der Waals surface area contributed by atoms with Crippen LogP contribution in [0.3, 0.4) is 0 Å². The van der Waals surface area contributed by atoms with Crippen LogP contribution in [0.5, 0.6) is 0 Å². The Hall–Kier alpha value is -1.56. The van der Waals surface area contributed by atoms with Crippen molar-refractivity contribution < 1.29 is 0 Å². The summed E-state index contributed by atoms with van der Waals surface area (Å²) in [4.78, 5) is 6.90. The lowest BCUT2D eigenvalue weighted by Crippen LogP contribution is -2.42. The molecule has 0 radical (unpaired) electrons. The van der Waals surface area contributed by atoms with Gasteiger partial charge in [-0.1, -0.05) is 13.8 Å². The SMILES string of the molecule is CN=C(NCCCN1CC(C)CC(C)C1)NCCCn1cccn1. The van der Waals surface area contributed by atoms with E-state index in [1.807, 2.05) is 30.2 Å². The zero-order valence-corrected chi connectivity index (χ0v) is 15.5. The number of aromatic nitrogens is 2. The third-order valence-corrected chi connectivity index (χ3v) is 4.53. The highest BCUT2D eigenvalue weighted by Gasteiger charge is 2.20. The van der Waals surface area contributed by atoms with Crippen LogP contribution in [0, 0.1) is 11.8 Å². The minimum absolute atomic E-state index is 0.839. The first kappa shape index (κ1) is 18.8. The summed E-state index contributed by atoms with van der Waals surface area (Å²) in [6.45, 7) is 11.2. The third kappa shape index (κ3) is 6.91. The van der Waals surface area contributed by atoms with Gasteiger partial charge >= 0.3 is 0 Å². The second kappa shape index (κ2) is 10.3. The van der Waals surface area contributed by atoms with E-state index in [-0.39, 0.29) is 0 Å². The molecular weight excluding hydrogens is 300 g/mol. The van der Waals surface area contributed by atoms with E-state index < -0.39 is 0 Å². The summed E-state index contributed by atoms with van der Waals surface area (Å²) < 4.78 is 1.96. The normalized spacial score (nSPS) is 22.5. The molecule has 0 amide bonds. The van der Waals surface area contributed by atoms with E-state index in [0.29, 0.717) is 0 Å². The predicted octanol–water partition coefficient (Wildman–Crippen LogP) is 1.81. The van der Waals surface area contributed by atoms with Crippen molar-refractivity contribution in [2.75, 3.05) is 39.8 Å². The molecular formula is C18H34N6. The zero-order valence-electron chi connectivity index (χ0n) is 15.5. The molecule has 1 aliphatic rings. The maximum Gasteiger partial charge on any atom is 0.190 e. The van der Waals surface area contributed by atoms with E-state index in [9.17, 15) is 0 Å². The molecule has 0 spiro atoms. The second-order valence-electron chi connectivity index (χ2n) is 7.11. The van der Waals surface area contributed by atoms with Gasteiger partial charge in [-0.3, -0.25) is 9.67 Å². The van der Waals surface area contributed by atoms with Crippen molar-refractivity contribution in [3.8, 4) is 0 Å². The van der Waals surface area contributed by atoms with Crippen LogP contribution in [0.2, 0.25) is 0 Å². The lowest BCUT2D eigenvalue weighted by molar-refractivity contribution is 0.140. The molecule has 1 fully saturated rings. The maximum atomic E-state index is 4.29. The van der Waals surface area contributed by atoms with Crippen LogP contribution in [-0.4, -0.2) is 60.4 Å². The van der Waals surface area contributed by atoms with Crippen molar-refractivity contribution in [2.24, 2.45) is 16.8 Å². The summed E-state index contributed by atoms with van der Waals surface area (Å²) in [6.07, 6.45) is 7.39. The van der Waals surface area contributed by atoms with Crippen LogP contribution in [-0.2, 0) is 6.54 Å². The summed E-state index contributed by atoms with van der Waals surface area (Å²) >= 11 is 0. The van der Waals surface area contributed by atoms with Crippen LogP contribution >= 0.6 is 0 Å². The van der Waals surface area contributed by atoms with Crippen molar-refractivity contribution in [3.63, 3.8) is 0 Å². The van der Waals surface area contributed by atoms with E-state index in [1.165, 1.54) is 26.1 Å². The molecule has 2 N–H and O–H groups in total. The molecule has 1 saturated heterocycles. The molecule has 0 bridgehead atoms. The molecule has 0 saturated carbocycles. The van der Waals surface area contributed by atoms with E-state index in [4.69, 9.17) is 0 Å². The van der Waals surface area contributed by atoms with Crippen LogP contribution in [0.1, 0.15) is 33.1 Å². The molecule has 2 rings (SSSR count). The van der Waals surface area contributed by atoms with E-state index >= 15 is 0 Å². The molecule has 1 aromatic heterocycles. The van der Waals surface area contributed by atoms with E-state index in [0.717, 1.165) is 50.3 Å². The van der Waals surface area contributed by atoms with E-state index in [1.54, 1.807) is 0 Å². The summed E-state index contributed by atoms with van der Waals surface area (Å²) in [5.41, 5.74) is 0.